The van der Waals surface area contributed by atoms with Gasteiger partial charge in [0, 0.05) is 12.1 Å². The van der Waals surface area contributed by atoms with E-state index in [9.17, 15) is 10.1 Å². The first kappa shape index (κ1) is 10.4. The SMILES string of the molecule is C=CCOCc1[c]ccc([N+](=O)[O-])c1. The number of ether oxygens (including phenoxy) is 1. The first-order chi connectivity index (χ1) is 6.74. The second-order valence-corrected chi connectivity index (χ2v) is 2.63. The van der Waals surface area contributed by atoms with Gasteiger partial charge in [0.25, 0.3) is 5.69 Å². The summed E-state index contributed by atoms with van der Waals surface area (Å²) >= 11 is 0. The Kier molecular flexibility index (Phi) is 3.82. The number of non-ortho nitro benzene ring substituents is 1. The zero-order valence-corrected chi connectivity index (χ0v) is 7.60. The van der Waals surface area contributed by atoms with E-state index in [-0.39, 0.29) is 5.69 Å². The van der Waals surface area contributed by atoms with Crippen LogP contribution in [-0.4, -0.2) is 11.5 Å². The molecule has 0 aromatic heterocycles. The van der Waals surface area contributed by atoms with Crippen LogP contribution in [0.3, 0.4) is 0 Å². The van der Waals surface area contributed by atoms with E-state index < -0.39 is 4.92 Å². The minimum absolute atomic E-state index is 0.0564. The maximum absolute atomic E-state index is 10.4. The zero-order valence-electron chi connectivity index (χ0n) is 7.60. The number of benzene rings is 1. The smallest absolute Gasteiger partial charge is 0.269 e. The summed E-state index contributed by atoms with van der Waals surface area (Å²) in [4.78, 5) is 9.98. The summed E-state index contributed by atoms with van der Waals surface area (Å²) in [7, 11) is 0. The van der Waals surface area contributed by atoms with Gasteiger partial charge in [-0.05, 0) is 17.7 Å². The molecule has 0 fully saturated rings. The largest absolute Gasteiger partial charge is 0.373 e. The van der Waals surface area contributed by atoms with E-state index in [2.05, 4.69) is 12.6 Å². The zero-order chi connectivity index (χ0) is 10.4. The monoisotopic (exact) mass is 192 g/mol. The highest BCUT2D eigenvalue weighted by Crippen LogP contribution is 2.12. The van der Waals surface area contributed by atoms with E-state index >= 15 is 0 Å². The highest BCUT2D eigenvalue weighted by molar-refractivity contribution is 5.33. The van der Waals surface area contributed by atoms with Crippen molar-refractivity contribution < 1.29 is 9.66 Å². The summed E-state index contributed by atoms with van der Waals surface area (Å²) < 4.78 is 5.13. The fourth-order valence-corrected chi connectivity index (χ4v) is 0.951. The predicted octanol–water partition coefficient (Wildman–Crippen LogP) is 2.10. The molecule has 1 aromatic rings. The molecule has 0 spiro atoms. The maximum atomic E-state index is 10.4. The Hall–Kier alpha value is -1.68. The third-order valence-electron chi connectivity index (χ3n) is 1.55. The number of nitrogens with zero attached hydrogens (tertiary/aromatic N) is 1. The Morgan fingerprint density at radius 1 is 1.71 bits per heavy atom. The molecule has 0 aliphatic heterocycles. The standard InChI is InChI=1S/C10H10NO3/c1-2-6-14-8-9-4-3-5-10(7-9)11(12)13/h2-3,5,7H,1,6,8H2. The summed E-state index contributed by atoms with van der Waals surface area (Å²) in [6.45, 7) is 4.23. The van der Waals surface area contributed by atoms with Crippen LogP contribution in [0.4, 0.5) is 5.69 Å². The molecule has 1 aromatic carbocycles. The lowest BCUT2D eigenvalue weighted by atomic mass is 10.2. The second-order valence-electron chi connectivity index (χ2n) is 2.63. The van der Waals surface area contributed by atoms with E-state index in [1.807, 2.05) is 0 Å². The lowest BCUT2D eigenvalue weighted by Crippen LogP contribution is -1.94. The third kappa shape index (κ3) is 2.99. The van der Waals surface area contributed by atoms with Gasteiger partial charge >= 0.3 is 0 Å². The average Bonchev–Trinajstić information content (AvgIpc) is 2.19. The van der Waals surface area contributed by atoms with Gasteiger partial charge < -0.3 is 4.74 Å². The lowest BCUT2D eigenvalue weighted by Gasteiger charge is -2.00. The molecule has 0 saturated heterocycles. The first-order valence-corrected chi connectivity index (χ1v) is 4.07. The molecule has 0 heterocycles. The topological polar surface area (TPSA) is 52.4 Å². The molecule has 1 radical (unpaired) electrons. The molecule has 0 unspecified atom stereocenters. The molecule has 14 heavy (non-hydrogen) atoms. The Labute approximate surface area is 82.0 Å². The molecule has 0 bridgehead atoms. The molecule has 0 aliphatic carbocycles. The van der Waals surface area contributed by atoms with E-state index in [4.69, 9.17) is 4.74 Å². The first-order valence-electron chi connectivity index (χ1n) is 4.07. The van der Waals surface area contributed by atoms with Gasteiger partial charge in [0.05, 0.1) is 18.1 Å². The molecule has 1 rings (SSSR count). The molecule has 4 heteroatoms. The van der Waals surface area contributed by atoms with Gasteiger partial charge in [-0.3, -0.25) is 10.1 Å². The van der Waals surface area contributed by atoms with Gasteiger partial charge in [0.15, 0.2) is 0 Å². The summed E-state index contributed by atoms with van der Waals surface area (Å²) in [5.41, 5.74) is 0.724. The van der Waals surface area contributed by atoms with Crippen molar-refractivity contribution in [3.8, 4) is 0 Å². The molecular formula is C10H10NO3. The summed E-state index contributed by atoms with van der Waals surface area (Å²) in [5, 5.41) is 10.4. The van der Waals surface area contributed by atoms with Crippen LogP contribution in [0, 0.1) is 16.2 Å². The van der Waals surface area contributed by atoms with Crippen LogP contribution < -0.4 is 0 Å². The van der Waals surface area contributed by atoms with Crippen molar-refractivity contribution >= 4 is 5.69 Å². The van der Waals surface area contributed by atoms with Gasteiger partial charge in [-0.1, -0.05) is 6.08 Å². The Bertz CT molecular complexity index is 336. The molecule has 0 atom stereocenters. The van der Waals surface area contributed by atoms with Crippen molar-refractivity contribution in [2.45, 2.75) is 6.61 Å². The van der Waals surface area contributed by atoms with Gasteiger partial charge in [0.2, 0.25) is 0 Å². The molecule has 0 aliphatic rings. The normalized spacial score (nSPS) is 9.71. The molecule has 0 saturated carbocycles. The molecule has 0 N–H and O–H groups in total. The van der Waals surface area contributed by atoms with E-state index in [1.54, 1.807) is 6.08 Å². The van der Waals surface area contributed by atoms with Crippen LogP contribution in [0.5, 0.6) is 0 Å². The number of hydrogen-bond donors (Lipinski definition) is 0. The van der Waals surface area contributed by atoms with Crippen LogP contribution in [0.2, 0.25) is 0 Å². The van der Waals surface area contributed by atoms with Crippen LogP contribution >= 0.6 is 0 Å². The van der Waals surface area contributed by atoms with Crippen molar-refractivity contribution in [2.75, 3.05) is 6.61 Å². The molecule has 73 valence electrons. The van der Waals surface area contributed by atoms with Gasteiger partial charge in [-0.15, -0.1) is 6.58 Å². The predicted molar refractivity (Wildman–Crippen MR) is 51.8 cm³/mol. The van der Waals surface area contributed by atoms with Gasteiger partial charge in [-0.25, -0.2) is 0 Å². The van der Waals surface area contributed by atoms with Crippen LogP contribution in [0.25, 0.3) is 0 Å². The number of nitro groups is 1. The van der Waals surface area contributed by atoms with Gasteiger partial charge in [0.1, 0.15) is 0 Å². The molecular weight excluding hydrogens is 182 g/mol. The average molecular weight is 192 g/mol. The number of nitro benzene ring substituents is 1. The quantitative estimate of drug-likeness (QED) is 0.310. The van der Waals surface area contributed by atoms with Gasteiger partial charge in [-0.2, -0.15) is 0 Å². The van der Waals surface area contributed by atoms with Crippen molar-refractivity contribution in [3.05, 3.63) is 52.6 Å². The molecule has 0 amide bonds. The van der Waals surface area contributed by atoms with E-state index in [0.717, 1.165) is 0 Å². The van der Waals surface area contributed by atoms with Crippen LogP contribution in [-0.2, 0) is 11.3 Å². The second kappa shape index (κ2) is 5.14. The highest BCUT2D eigenvalue weighted by Gasteiger charge is 2.05. The maximum Gasteiger partial charge on any atom is 0.269 e. The minimum Gasteiger partial charge on any atom is -0.373 e. The molecule has 4 nitrogen and oxygen atoms in total. The Balaban J connectivity index is 2.63. The highest BCUT2D eigenvalue weighted by atomic mass is 16.6. The van der Waals surface area contributed by atoms with Crippen molar-refractivity contribution in [2.24, 2.45) is 0 Å². The minimum atomic E-state index is -0.440. The fraction of sp³-hybridized carbons (Fsp3) is 0.200. The lowest BCUT2D eigenvalue weighted by molar-refractivity contribution is -0.385. The van der Waals surface area contributed by atoms with Crippen LogP contribution in [0.1, 0.15) is 5.56 Å². The Morgan fingerprint density at radius 3 is 3.14 bits per heavy atom. The van der Waals surface area contributed by atoms with E-state index in [1.165, 1.54) is 18.2 Å². The number of rotatable bonds is 5. The third-order valence-corrected chi connectivity index (χ3v) is 1.55. The summed E-state index contributed by atoms with van der Waals surface area (Å²) in [5.74, 6) is 0. The fourth-order valence-electron chi connectivity index (χ4n) is 0.951. The summed E-state index contributed by atoms with van der Waals surface area (Å²) in [6.07, 6.45) is 1.62. The summed E-state index contributed by atoms with van der Waals surface area (Å²) in [6, 6.07) is 7.22. The van der Waals surface area contributed by atoms with Crippen molar-refractivity contribution in [3.63, 3.8) is 0 Å². The van der Waals surface area contributed by atoms with E-state index in [0.29, 0.717) is 18.8 Å². The van der Waals surface area contributed by atoms with Crippen molar-refractivity contribution in [1.82, 2.24) is 0 Å². The Morgan fingerprint density at radius 2 is 2.50 bits per heavy atom. The van der Waals surface area contributed by atoms with Crippen molar-refractivity contribution in [1.29, 1.82) is 0 Å². The number of hydrogen-bond acceptors (Lipinski definition) is 3. The van der Waals surface area contributed by atoms with Crippen LogP contribution in [0.15, 0.2) is 30.9 Å².